The third kappa shape index (κ3) is 5.06. The third-order valence-electron chi connectivity index (χ3n) is 5.97. The third-order valence-corrected chi connectivity index (χ3v) is 5.97. The molecule has 0 spiro atoms. The largest absolute Gasteiger partial charge is 0.486 e. The molecule has 0 radical (unpaired) electrons. The van der Waals surface area contributed by atoms with E-state index in [2.05, 4.69) is 15.5 Å². The van der Waals surface area contributed by atoms with E-state index in [0.29, 0.717) is 19.8 Å². The first kappa shape index (κ1) is 18.4. The quantitative estimate of drug-likeness (QED) is 0.833. The molecular weight excluding hydrogens is 342 g/mol. The monoisotopic (exact) mass is 373 g/mol. The molecule has 6 nitrogen and oxygen atoms in total. The van der Waals surface area contributed by atoms with E-state index in [9.17, 15) is 4.79 Å². The molecule has 4 rings (SSSR count). The first-order valence-electron chi connectivity index (χ1n) is 10.4. The Morgan fingerprint density at radius 1 is 1.04 bits per heavy atom. The van der Waals surface area contributed by atoms with Crippen molar-refractivity contribution in [3.8, 4) is 11.5 Å². The van der Waals surface area contributed by atoms with Gasteiger partial charge in [-0.05, 0) is 49.3 Å². The van der Waals surface area contributed by atoms with Gasteiger partial charge in [-0.25, -0.2) is 4.79 Å². The summed E-state index contributed by atoms with van der Waals surface area (Å²) < 4.78 is 11.1. The van der Waals surface area contributed by atoms with Crippen molar-refractivity contribution < 1.29 is 14.3 Å². The van der Waals surface area contributed by atoms with E-state index in [0.717, 1.165) is 48.9 Å². The molecule has 2 heterocycles. The summed E-state index contributed by atoms with van der Waals surface area (Å²) in [4.78, 5) is 14.8. The van der Waals surface area contributed by atoms with Gasteiger partial charge in [0.2, 0.25) is 0 Å². The maximum Gasteiger partial charge on any atom is 0.315 e. The van der Waals surface area contributed by atoms with E-state index < -0.39 is 0 Å². The van der Waals surface area contributed by atoms with Crippen LogP contribution in [-0.2, 0) is 6.54 Å². The Balaban J connectivity index is 1.17. The predicted molar refractivity (Wildman–Crippen MR) is 104 cm³/mol. The van der Waals surface area contributed by atoms with Crippen molar-refractivity contribution in [1.29, 1.82) is 0 Å². The van der Waals surface area contributed by atoms with Gasteiger partial charge in [0.05, 0.1) is 0 Å². The van der Waals surface area contributed by atoms with E-state index in [-0.39, 0.29) is 12.1 Å². The molecule has 2 amide bonds. The van der Waals surface area contributed by atoms with Crippen LogP contribution in [-0.4, -0.2) is 49.8 Å². The molecule has 6 heteroatoms. The molecular formula is C21H31N3O3. The molecule has 1 aromatic carbocycles. The van der Waals surface area contributed by atoms with Gasteiger partial charge in [-0.15, -0.1) is 0 Å². The maximum absolute atomic E-state index is 12.2. The smallest absolute Gasteiger partial charge is 0.315 e. The zero-order chi connectivity index (χ0) is 18.5. The molecule has 2 aliphatic heterocycles. The molecule has 27 heavy (non-hydrogen) atoms. The molecule has 2 N–H and O–H groups in total. The number of hydrogen-bond donors (Lipinski definition) is 2. The van der Waals surface area contributed by atoms with Crippen LogP contribution in [0.4, 0.5) is 4.79 Å². The fourth-order valence-electron chi connectivity index (χ4n) is 4.43. The number of fused-ring (bicyclic) bond motifs is 1. The summed E-state index contributed by atoms with van der Waals surface area (Å²) in [6.07, 6.45) is 7.72. The molecule has 1 aromatic rings. The minimum absolute atomic E-state index is 0.0841. The van der Waals surface area contributed by atoms with Gasteiger partial charge in [-0.3, -0.25) is 0 Å². The Labute approximate surface area is 161 Å². The lowest BCUT2D eigenvalue weighted by molar-refractivity contribution is 0.171. The average molecular weight is 373 g/mol. The van der Waals surface area contributed by atoms with Crippen LogP contribution < -0.4 is 20.1 Å². The zero-order valence-electron chi connectivity index (χ0n) is 16.0. The Morgan fingerprint density at radius 3 is 2.56 bits per heavy atom. The highest BCUT2D eigenvalue weighted by atomic mass is 16.6. The molecule has 1 saturated carbocycles. The fourth-order valence-corrected chi connectivity index (χ4v) is 4.43. The molecule has 148 valence electrons. The molecule has 0 aromatic heterocycles. The van der Waals surface area contributed by atoms with Crippen molar-refractivity contribution >= 4 is 6.03 Å². The Bertz CT molecular complexity index is 638. The van der Waals surface area contributed by atoms with E-state index in [1.165, 1.54) is 32.2 Å². The predicted octanol–water partition coefficient (Wildman–Crippen LogP) is 2.91. The second-order valence-electron chi connectivity index (χ2n) is 8.03. The zero-order valence-corrected chi connectivity index (χ0v) is 16.0. The van der Waals surface area contributed by atoms with Crippen LogP contribution >= 0.6 is 0 Å². The highest BCUT2D eigenvalue weighted by molar-refractivity contribution is 5.74. The molecule has 2 fully saturated rings. The van der Waals surface area contributed by atoms with Gasteiger partial charge < -0.3 is 25.0 Å². The highest BCUT2D eigenvalue weighted by Crippen LogP contribution is 2.30. The Morgan fingerprint density at radius 2 is 1.78 bits per heavy atom. The van der Waals surface area contributed by atoms with Crippen LogP contribution in [0.15, 0.2) is 18.2 Å². The Kier molecular flexibility index (Phi) is 6.02. The summed E-state index contributed by atoms with van der Waals surface area (Å²) in [5.41, 5.74) is 1.01. The molecule has 0 atom stereocenters. The minimum Gasteiger partial charge on any atom is -0.486 e. The topological polar surface area (TPSA) is 62.8 Å². The van der Waals surface area contributed by atoms with Gasteiger partial charge in [0, 0.05) is 32.2 Å². The number of carbonyl (C=O) groups is 1. The SMILES string of the molecule is O=C(NCc1ccc2c(c1)OCCO2)NC1CCN(CC2CCCC2)CC1. The number of carbonyl (C=O) groups excluding carboxylic acids is 1. The average Bonchev–Trinajstić information content (AvgIpc) is 3.21. The van der Waals surface area contributed by atoms with Crippen molar-refractivity contribution in [2.45, 2.75) is 51.1 Å². The number of rotatable bonds is 5. The molecule has 1 aliphatic carbocycles. The van der Waals surface area contributed by atoms with Crippen molar-refractivity contribution in [3.05, 3.63) is 23.8 Å². The number of benzene rings is 1. The van der Waals surface area contributed by atoms with Gasteiger partial charge in [-0.2, -0.15) is 0 Å². The van der Waals surface area contributed by atoms with Crippen molar-refractivity contribution in [2.75, 3.05) is 32.8 Å². The van der Waals surface area contributed by atoms with Gasteiger partial charge in [0.15, 0.2) is 11.5 Å². The second kappa shape index (κ2) is 8.83. The number of hydrogen-bond acceptors (Lipinski definition) is 4. The van der Waals surface area contributed by atoms with Gasteiger partial charge in [0.1, 0.15) is 13.2 Å². The number of ether oxygens (including phenoxy) is 2. The minimum atomic E-state index is -0.0841. The van der Waals surface area contributed by atoms with Crippen LogP contribution in [0.25, 0.3) is 0 Å². The number of nitrogens with one attached hydrogen (secondary N) is 2. The van der Waals surface area contributed by atoms with E-state index in [1.54, 1.807) is 0 Å². The molecule has 0 bridgehead atoms. The highest BCUT2D eigenvalue weighted by Gasteiger charge is 2.24. The van der Waals surface area contributed by atoms with Gasteiger partial charge >= 0.3 is 6.03 Å². The van der Waals surface area contributed by atoms with Crippen molar-refractivity contribution in [3.63, 3.8) is 0 Å². The van der Waals surface area contributed by atoms with Crippen LogP contribution in [0, 0.1) is 5.92 Å². The van der Waals surface area contributed by atoms with Crippen LogP contribution in [0.5, 0.6) is 11.5 Å². The first-order valence-corrected chi connectivity index (χ1v) is 10.4. The second-order valence-corrected chi connectivity index (χ2v) is 8.03. The molecule has 1 saturated heterocycles. The van der Waals surface area contributed by atoms with Gasteiger partial charge in [-0.1, -0.05) is 18.9 Å². The first-order chi connectivity index (χ1) is 13.3. The fraction of sp³-hybridized carbons (Fsp3) is 0.667. The van der Waals surface area contributed by atoms with Crippen LogP contribution in [0.1, 0.15) is 44.1 Å². The summed E-state index contributed by atoms with van der Waals surface area (Å²) >= 11 is 0. The van der Waals surface area contributed by atoms with E-state index >= 15 is 0 Å². The number of urea groups is 1. The summed E-state index contributed by atoms with van der Waals surface area (Å²) in [6, 6.07) is 6.01. The number of nitrogens with zero attached hydrogens (tertiary/aromatic N) is 1. The van der Waals surface area contributed by atoms with E-state index in [4.69, 9.17) is 9.47 Å². The lowest BCUT2D eigenvalue weighted by Crippen LogP contribution is -2.48. The maximum atomic E-state index is 12.2. The van der Waals surface area contributed by atoms with Crippen molar-refractivity contribution in [1.82, 2.24) is 15.5 Å². The summed E-state index contributed by atoms with van der Waals surface area (Å²) in [5, 5.41) is 6.10. The number of piperidine rings is 1. The summed E-state index contributed by atoms with van der Waals surface area (Å²) in [5.74, 6) is 2.44. The molecule has 3 aliphatic rings. The van der Waals surface area contributed by atoms with E-state index in [1.807, 2.05) is 18.2 Å². The number of amides is 2. The summed E-state index contributed by atoms with van der Waals surface area (Å²) in [6.45, 7) is 5.11. The standard InChI is InChI=1S/C21H31N3O3/c25-21(22-14-17-5-6-19-20(13-17)27-12-11-26-19)23-18-7-9-24(10-8-18)15-16-3-1-2-4-16/h5-6,13,16,18H,1-4,7-12,14-15H2,(H2,22,23,25). The Hall–Kier alpha value is -1.95. The van der Waals surface area contributed by atoms with Crippen LogP contribution in [0.2, 0.25) is 0 Å². The number of likely N-dealkylation sites (tertiary alicyclic amines) is 1. The van der Waals surface area contributed by atoms with Crippen molar-refractivity contribution in [2.24, 2.45) is 5.92 Å². The molecule has 0 unspecified atom stereocenters. The lowest BCUT2D eigenvalue weighted by Gasteiger charge is -2.33. The van der Waals surface area contributed by atoms with Crippen LogP contribution in [0.3, 0.4) is 0 Å². The van der Waals surface area contributed by atoms with Gasteiger partial charge in [0.25, 0.3) is 0 Å². The lowest BCUT2D eigenvalue weighted by atomic mass is 10.0. The normalized spacial score (nSPS) is 21.2. The summed E-state index contributed by atoms with van der Waals surface area (Å²) in [7, 11) is 0.